The van der Waals surface area contributed by atoms with Gasteiger partial charge >= 0.3 is 12.2 Å². The lowest BCUT2D eigenvalue weighted by molar-refractivity contribution is -0.134. The molecule has 0 aromatic heterocycles. The minimum absolute atomic E-state index is 0.00701. The zero-order valence-electron chi connectivity index (χ0n) is 29.1. The van der Waals surface area contributed by atoms with Crippen molar-refractivity contribution in [2.75, 3.05) is 38.3 Å². The molecule has 4 aromatic carbocycles. The molecule has 4 aromatic rings. The fourth-order valence-electron chi connectivity index (χ4n) is 7.51. The SMILES string of the molecule is COC(=O)N1CCN(C(=O)OCC2c3ccccc3-c3ccccc32)C[C@H]1C(=O)N(c1cccc(F)c1)[C@@H](C(=O)NC1CC(F)(F)C1)c1ccccc1Cl. The Morgan fingerprint density at radius 1 is 0.889 bits per heavy atom. The van der Waals surface area contributed by atoms with Gasteiger partial charge in [-0.05, 0) is 46.5 Å². The van der Waals surface area contributed by atoms with Crippen LogP contribution in [-0.4, -0.2) is 85.2 Å². The van der Waals surface area contributed by atoms with E-state index in [-0.39, 0.29) is 48.4 Å². The second-order valence-corrected chi connectivity index (χ2v) is 13.9. The molecule has 2 atom stereocenters. The summed E-state index contributed by atoms with van der Waals surface area (Å²) >= 11 is 6.60. The highest BCUT2D eigenvalue weighted by Gasteiger charge is 2.49. The van der Waals surface area contributed by atoms with E-state index in [2.05, 4.69) is 5.32 Å². The van der Waals surface area contributed by atoms with Gasteiger partial charge < -0.3 is 19.7 Å². The van der Waals surface area contributed by atoms with Gasteiger partial charge in [0.25, 0.3) is 11.8 Å². The van der Waals surface area contributed by atoms with E-state index in [1.807, 2.05) is 48.5 Å². The Hall–Kier alpha value is -5.56. The lowest BCUT2D eigenvalue weighted by Gasteiger charge is -2.43. The van der Waals surface area contributed by atoms with Gasteiger partial charge in [0.1, 0.15) is 24.5 Å². The van der Waals surface area contributed by atoms with Crippen LogP contribution >= 0.6 is 11.6 Å². The monoisotopic (exact) mass is 760 g/mol. The van der Waals surface area contributed by atoms with Gasteiger partial charge in [0.05, 0.1) is 13.7 Å². The number of nitrogens with one attached hydrogen (secondary N) is 1. The molecule has 3 aliphatic rings. The highest BCUT2D eigenvalue weighted by atomic mass is 35.5. The van der Waals surface area contributed by atoms with Crippen LogP contribution < -0.4 is 10.2 Å². The van der Waals surface area contributed by atoms with Crippen molar-refractivity contribution in [2.45, 2.75) is 42.8 Å². The summed E-state index contributed by atoms with van der Waals surface area (Å²) in [7, 11) is 1.14. The predicted molar refractivity (Wildman–Crippen MR) is 194 cm³/mol. The molecule has 14 heteroatoms. The maximum absolute atomic E-state index is 15.0. The van der Waals surface area contributed by atoms with Crippen molar-refractivity contribution in [3.8, 4) is 11.1 Å². The van der Waals surface area contributed by atoms with Gasteiger partial charge in [0.15, 0.2) is 0 Å². The fraction of sp³-hybridized carbons (Fsp3) is 0.300. The Bertz CT molecular complexity index is 2050. The summed E-state index contributed by atoms with van der Waals surface area (Å²) in [6, 6.07) is 22.8. The summed E-state index contributed by atoms with van der Waals surface area (Å²) < 4.78 is 53.4. The molecule has 0 spiro atoms. The average Bonchev–Trinajstić information content (AvgIpc) is 3.48. The number of halogens is 4. The number of carbonyl (C=O) groups excluding carboxylic acids is 4. The summed E-state index contributed by atoms with van der Waals surface area (Å²) in [5.74, 6) is -5.67. The van der Waals surface area contributed by atoms with Crippen molar-refractivity contribution >= 4 is 41.3 Å². The number of amides is 4. The molecular weight excluding hydrogens is 725 g/mol. The van der Waals surface area contributed by atoms with Gasteiger partial charge in [-0.3, -0.25) is 19.4 Å². The van der Waals surface area contributed by atoms with Crippen LogP contribution in [0.3, 0.4) is 0 Å². The van der Waals surface area contributed by atoms with Crippen LogP contribution in [0.15, 0.2) is 97.1 Å². The third-order valence-electron chi connectivity index (χ3n) is 10.1. The Labute approximate surface area is 314 Å². The fourth-order valence-corrected chi connectivity index (χ4v) is 7.75. The summed E-state index contributed by atoms with van der Waals surface area (Å²) in [6.07, 6.45) is -2.82. The van der Waals surface area contributed by atoms with Crippen LogP contribution in [0.4, 0.5) is 28.4 Å². The molecule has 54 heavy (non-hydrogen) atoms. The smallest absolute Gasteiger partial charge is 0.410 e. The molecule has 1 saturated carbocycles. The van der Waals surface area contributed by atoms with Crippen LogP contribution in [0, 0.1) is 5.82 Å². The van der Waals surface area contributed by atoms with Crippen LogP contribution in [0.2, 0.25) is 5.02 Å². The molecule has 0 bridgehead atoms. The number of carbonyl (C=O) groups is 4. The van der Waals surface area contributed by atoms with Crippen LogP contribution in [-0.2, 0) is 19.1 Å². The van der Waals surface area contributed by atoms with Crippen molar-refractivity contribution in [3.05, 3.63) is 125 Å². The van der Waals surface area contributed by atoms with Crippen molar-refractivity contribution in [1.29, 1.82) is 0 Å². The largest absolute Gasteiger partial charge is 0.453 e. The number of benzene rings is 4. The molecule has 2 fully saturated rings. The van der Waals surface area contributed by atoms with Crippen LogP contribution in [0.1, 0.15) is 41.5 Å². The number of anilines is 1. The number of methoxy groups -OCH3 is 1. The quantitative estimate of drug-likeness (QED) is 0.204. The van der Waals surface area contributed by atoms with E-state index in [4.69, 9.17) is 21.1 Å². The van der Waals surface area contributed by atoms with E-state index >= 15 is 0 Å². The number of fused-ring (bicyclic) bond motifs is 3. The molecule has 1 aliphatic heterocycles. The number of alkyl halides is 2. The average molecular weight is 761 g/mol. The zero-order chi connectivity index (χ0) is 38.1. The first kappa shape index (κ1) is 36.8. The van der Waals surface area contributed by atoms with Gasteiger partial charge in [0.2, 0.25) is 5.91 Å². The topological polar surface area (TPSA) is 108 Å². The van der Waals surface area contributed by atoms with Gasteiger partial charge in [-0.2, -0.15) is 0 Å². The van der Waals surface area contributed by atoms with Crippen molar-refractivity contribution < 1.29 is 41.8 Å². The zero-order valence-corrected chi connectivity index (χ0v) is 29.8. The molecule has 2 aliphatic carbocycles. The molecule has 0 radical (unpaired) electrons. The number of piperazine rings is 1. The second-order valence-electron chi connectivity index (χ2n) is 13.5. The molecule has 7 rings (SSSR count). The predicted octanol–water partition coefficient (Wildman–Crippen LogP) is 7.17. The van der Waals surface area contributed by atoms with Crippen molar-refractivity contribution in [3.63, 3.8) is 0 Å². The first-order chi connectivity index (χ1) is 26.0. The molecule has 1 saturated heterocycles. The van der Waals surface area contributed by atoms with E-state index in [0.717, 1.165) is 51.3 Å². The highest BCUT2D eigenvalue weighted by Crippen LogP contribution is 2.45. The van der Waals surface area contributed by atoms with Gasteiger partial charge in [-0.25, -0.2) is 22.8 Å². The Balaban J connectivity index is 1.20. The van der Waals surface area contributed by atoms with Crippen LogP contribution in [0.25, 0.3) is 11.1 Å². The van der Waals surface area contributed by atoms with E-state index in [9.17, 15) is 32.3 Å². The van der Waals surface area contributed by atoms with E-state index < -0.39 is 66.7 Å². The Kier molecular flexibility index (Phi) is 10.3. The maximum atomic E-state index is 15.0. The molecule has 0 unspecified atom stereocenters. The lowest BCUT2D eigenvalue weighted by Crippen LogP contribution is -2.63. The number of rotatable bonds is 8. The van der Waals surface area contributed by atoms with E-state index in [1.165, 1.54) is 29.2 Å². The van der Waals surface area contributed by atoms with E-state index in [1.54, 1.807) is 12.1 Å². The molecule has 1 N–H and O–H groups in total. The van der Waals surface area contributed by atoms with Crippen LogP contribution in [0.5, 0.6) is 0 Å². The normalized spacial score (nSPS) is 18.1. The summed E-state index contributed by atoms with van der Waals surface area (Å²) in [5, 5.41) is 2.66. The lowest BCUT2D eigenvalue weighted by atomic mass is 9.87. The van der Waals surface area contributed by atoms with Crippen molar-refractivity contribution in [1.82, 2.24) is 15.1 Å². The summed E-state index contributed by atoms with van der Waals surface area (Å²) in [5.41, 5.74) is 4.15. The third kappa shape index (κ3) is 7.20. The Morgan fingerprint density at radius 2 is 1.54 bits per heavy atom. The van der Waals surface area contributed by atoms with E-state index in [0.29, 0.717) is 0 Å². The van der Waals surface area contributed by atoms with Crippen molar-refractivity contribution in [2.24, 2.45) is 0 Å². The van der Waals surface area contributed by atoms with Gasteiger partial charge in [0, 0.05) is 54.2 Å². The molecule has 4 amide bonds. The summed E-state index contributed by atoms with van der Waals surface area (Å²) in [6.45, 7) is -0.528. The standard InChI is InChI=1S/C40H36ClF3N4O6/c1-53-39(52)47-18-17-46(38(51)54-23-32-29-13-4-2-11-27(29)28-12-3-5-14-30(28)32)22-34(47)37(50)48(26-10-8-9-24(42)19-26)35(31-15-6-7-16-33(31)41)36(49)45-25-20-40(43,44)21-25/h2-16,19,25,32,34-35H,17-18,20-23H2,1H3,(H,45,49)/t34-,35+/m0/s1. The third-order valence-corrected chi connectivity index (χ3v) is 10.5. The first-order valence-corrected chi connectivity index (χ1v) is 17.8. The highest BCUT2D eigenvalue weighted by molar-refractivity contribution is 6.31. The molecule has 10 nitrogen and oxygen atoms in total. The first-order valence-electron chi connectivity index (χ1n) is 17.4. The molecule has 280 valence electrons. The molecule has 1 heterocycles. The summed E-state index contributed by atoms with van der Waals surface area (Å²) in [4.78, 5) is 59.4. The van der Waals surface area contributed by atoms with Gasteiger partial charge in [-0.1, -0.05) is 84.4 Å². The number of hydrogen-bond donors (Lipinski definition) is 1. The number of ether oxygens (including phenoxy) is 2. The number of hydrogen-bond acceptors (Lipinski definition) is 6. The Morgan fingerprint density at radius 3 is 2.17 bits per heavy atom. The second kappa shape index (κ2) is 15.1. The van der Waals surface area contributed by atoms with Gasteiger partial charge in [-0.15, -0.1) is 0 Å². The number of nitrogens with zero attached hydrogens (tertiary/aromatic N) is 3. The minimum atomic E-state index is -2.96. The minimum Gasteiger partial charge on any atom is -0.453 e. The maximum Gasteiger partial charge on any atom is 0.410 e. The molecular formula is C40H36ClF3N4O6.